The molecule has 1 rings (SSSR count). The van der Waals surface area contributed by atoms with Crippen LogP contribution in [0.3, 0.4) is 0 Å². The summed E-state index contributed by atoms with van der Waals surface area (Å²) in [5.41, 5.74) is 0. The number of allylic oxidation sites excluding steroid dienone is 4. The van der Waals surface area contributed by atoms with Crippen molar-refractivity contribution in [1.82, 2.24) is 0 Å². The second-order valence-electron chi connectivity index (χ2n) is 1.84. The average Bonchev–Trinajstić information content (AvgIpc) is 2.14. The van der Waals surface area contributed by atoms with E-state index in [-0.39, 0.29) is 52.8 Å². The fourth-order valence-electron chi connectivity index (χ4n) is 0.750. The summed E-state index contributed by atoms with van der Waals surface area (Å²) in [5, 5.41) is 0. The van der Waals surface area contributed by atoms with Crippen LogP contribution in [0.15, 0.2) is 24.3 Å². The molecule has 1 aliphatic rings. The molecule has 0 radical (unpaired) electrons. The van der Waals surface area contributed by atoms with Crippen molar-refractivity contribution >= 4 is 0 Å². The minimum absolute atomic E-state index is 0. The topological polar surface area (TPSA) is 0 Å². The van der Waals surface area contributed by atoms with E-state index in [1.165, 1.54) is 6.42 Å². The second kappa shape index (κ2) is 4.95. The van der Waals surface area contributed by atoms with E-state index in [2.05, 4.69) is 31.2 Å². The van der Waals surface area contributed by atoms with E-state index in [1.54, 1.807) is 0 Å². The first kappa shape index (κ1) is 9.12. The van der Waals surface area contributed by atoms with Gasteiger partial charge in [-0.15, -0.1) is 0 Å². The first-order valence-electron chi connectivity index (χ1n) is 2.78. The molecule has 0 spiro atoms. The van der Waals surface area contributed by atoms with E-state index in [9.17, 15) is 0 Å². The third-order valence-corrected chi connectivity index (χ3v) is 1.30. The summed E-state index contributed by atoms with van der Waals surface area (Å²) < 4.78 is 0. The van der Waals surface area contributed by atoms with Crippen molar-refractivity contribution in [2.75, 3.05) is 0 Å². The Morgan fingerprint density at radius 2 is 1.88 bits per heavy atom. The van der Waals surface area contributed by atoms with E-state index in [1.807, 2.05) is 0 Å². The van der Waals surface area contributed by atoms with Crippen LogP contribution in [-0.2, 0) is 0 Å². The van der Waals surface area contributed by atoms with Crippen molar-refractivity contribution in [3.8, 4) is 0 Å². The number of hydrogen-bond acceptors (Lipinski definition) is 0. The second-order valence-corrected chi connectivity index (χ2v) is 1.84. The summed E-state index contributed by atoms with van der Waals surface area (Å²) in [6.45, 7) is 2.20. The quantitative estimate of drug-likeness (QED) is 0.414. The van der Waals surface area contributed by atoms with Crippen LogP contribution in [-0.4, -0.2) is 0 Å². The maximum Gasteiger partial charge on any atom is 1.00 e. The molecule has 0 amide bonds. The fourth-order valence-corrected chi connectivity index (χ4v) is 0.750. The van der Waals surface area contributed by atoms with Crippen molar-refractivity contribution in [1.29, 1.82) is 0 Å². The van der Waals surface area contributed by atoms with Crippen molar-refractivity contribution in [2.45, 2.75) is 13.3 Å². The predicted molar refractivity (Wildman–Crippen MR) is 33.2 cm³/mol. The Bertz CT molecular complexity index is 95.5. The normalized spacial score (nSPS) is 16.6. The van der Waals surface area contributed by atoms with E-state index < -0.39 is 0 Å². The molecule has 0 nitrogen and oxygen atoms in total. The molecule has 0 aromatic rings. The van der Waals surface area contributed by atoms with Crippen LogP contribution in [0.4, 0.5) is 0 Å². The monoisotopic (exact) mass is 134 g/mol. The summed E-state index contributed by atoms with van der Waals surface area (Å²) in [7, 11) is 0. The third kappa shape index (κ3) is 2.60. The van der Waals surface area contributed by atoms with Crippen LogP contribution in [0.25, 0.3) is 0 Å². The largest absolute Gasteiger partial charge is 1.00 e. The number of hydrogen-bond donors (Lipinski definition) is 0. The summed E-state index contributed by atoms with van der Waals surface area (Å²) in [5.74, 6) is 0.736. The molecule has 0 bridgehead atoms. The van der Waals surface area contributed by atoms with Gasteiger partial charge < -0.3 is 1.43 Å². The SMILES string of the molecule is CCC1C=CC=C1.[H-].[K+]. The van der Waals surface area contributed by atoms with Crippen molar-refractivity contribution in [2.24, 2.45) is 5.92 Å². The van der Waals surface area contributed by atoms with Gasteiger partial charge in [0, 0.05) is 0 Å². The Hall–Kier alpha value is 1.12. The molecule has 0 unspecified atom stereocenters. The molecule has 40 valence electrons. The van der Waals surface area contributed by atoms with Crippen molar-refractivity contribution in [3.05, 3.63) is 24.3 Å². The molecule has 0 saturated carbocycles. The molecule has 0 saturated heterocycles. The van der Waals surface area contributed by atoms with Gasteiger partial charge in [-0.3, -0.25) is 0 Å². The zero-order valence-corrected chi connectivity index (χ0v) is 8.72. The molecule has 0 aromatic heterocycles. The minimum Gasteiger partial charge on any atom is -1.00 e. The fraction of sp³-hybridized carbons (Fsp3) is 0.429. The summed E-state index contributed by atoms with van der Waals surface area (Å²) in [6.07, 6.45) is 9.90. The van der Waals surface area contributed by atoms with Crippen LogP contribution in [0, 0.1) is 5.92 Å². The van der Waals surface area contributed by atoms with E-state index in [0.29, 0.717) is 0 Å². The molecule has 1 heteroatoms. The van der Waals surface area contributed by atoms with Gasteiger partial charge in [0.15, 0.2) is 0 Å². The Balaban J connectivity index is 0. The van der Waals surface area contributed by atoms with Gasteiger partial charge in [0.2, 0.25) is 0 Å². The Kier molecular flexibility index (Phi) is 5.64. The Labute approximate surface area is 95.0 Å². The third-order valence-electron chi connectivity index (χ3n) is 1.30. The van der Waals surface area contributed by atoms with Gasteiger partial charge in [-0.1, -0.05) is 31.2 Å². The van der Waals surface area contributed by atoms with Gasteiger partial charge >= 0.3 is 51.4 Å². The molecule has 0 aliphatic heterocycles. The van der Waals surface area contributed by atoms with Gasteiger partial charge in [-0.2, -0.15) is 0 Å². The molecular formula is C7H11K. The van der Waals surface area contributed by atoms with Gasteiger partial charge in [0.25, 0.3) is 0 Å². The molecule has 0 N–H and O–H groups in total. The standard InChI is InChI=1S/C7H10.K.H/c1-2-7-5-3-4-6-7;;/h3-7H,2H2,1H3;;/q;+1;-1. The minimum atomic E-state index is 0. The van der Waals surface area contributed by atoms with Crippen molar-refractivity contribution < 1.29 is 52.8 Å². The van der Waals surface area contributed by atoms with Gasteiger partial charge in [-0.05, 0) is 12.3 Å². The zero-order chi connectivity index (χ0) is 5.11. The average molecular weight is 134 g/mol. The predicted octanol–water partition coefficient (Wildman–Crippen LogP) is -0.745. The van der Waals surface area contributed by atoms with Crippen LogP contribution < -0.4 is 51.4 Å². The van der Waals surface area contributed by atoms with E-state index >= 15 is 0 Å². The van der Waals surface area contributed by atoms with Gasteiger partial charge in [0.1, 0.15) is 0 Å². The van der Waals surface area contributed by atoms with Crippen LogP contribution in [0.2, 0.25) is 0 Å². The van der Waals surface area contributed by atoms with E-state index in [0.717, 1.165) is 5.92 Å². The van der Waals surface area contributed by atoms with E-state index in [4.69, 9.17) is 0 Å². The Morgan fingerprint density at radius 3 is 2.12 bits per heavy atom. The first-order valence-corrected chi connectivity index (χ1v) is 2.78. The Morgan fingerprint density at radius 1 is 1.38 bits per heavy atom. The summed E-state index contributed by atoms with van der Waals surface area (Å²) in [6, 6.07) is 0. The summed E-state index contributed by atoms with van der Waals surface area (Å²) >= 11 is 0. The molecule has 0 heterocycles. The molecule has 1 aliphatic carbocycles. The van der Waals surface area contributed by atoms with Crippen LogP contribution in [0.1, 0.15) is 14.8 Å². The number of rotatable bonds is 1. The maximum absolute atomic E-state index is 2.22. The first-order chi connectivity index (χ1) is 3.43. The van der Waals surface area contributed by atoms with Gasteiger partial charge in [-0.25, -0.2) is 0 Å². The maximum atomic E-state index is 2.22. The smallest absolute Gasteiger partial charge is 1.00 e. The molecule has 0 aromatic carbocycles. The van der Waals surface area contributed by atoms with Crippen molar-refractivity contribution in [3.63, 3.8) is 0 Å². The summed E-state index contributed by atoms with van der Waals surface area (Å²) in [4.78, 5) is 0. The molecule has 0 fully saturated rings. The molecule has 8 heavy (non-hydrogen) atoms. The zero-order valence-electron chi connectivity index (χ0n) is 6.59. The van der Waals surface area contributed by atoms with Gasteiger partial charge in [0.05, 0.1) is 0 Å². The molecule has 0 atom stereocenters. The van der Waals surface area contributed by atoms with Crippen LogP contribution >= 0.6 is 0 Å². The van der Waals surface area contributed by atoms with Crippen LogP contribution in [0.5, 0.6) is 0 Å². The molecular weight excluding hydrogens is 123 g/mol.